The van der Waals surface area contributed by atoms with E-state index in [2.05, 4.69) is 20.1 Å². The van der Waals surface area contributed by atoms with Crippen LogP contribution in [0, 0.1) is 0 Å². The first kappa shape index (κ1) is 22.6. The van der Waals surface area contributed by atoms with Crippen LogP contribution < -0.4 is 0 Å². The number of benzene rings is 1. The normalized spacial score (nSPS) is 12.6. The highest BCUT2D eigenvalue weighted by molar-refractivity contribution is 6.31. The Hall–Kier alpha value is -3.08. The molecule has 1 unspecified atom stereocenters. The lowest BCUT2D eigenvalue weighted by Crippen LogP contribution is -2.36. The maximum atomic E-state index is 13.2. The molecule has 2 aromatic heterocycles. The van der Waals surface area contributed by atoms with Gasteiger partial charge in [0.1, 0.15) is 6.33 Å². The van der Waals surface area contributed by atoms with E-state index in [1.54, 1.807) is 13.0 Å². The molecule has 0 spiro atoms. The number of halogens is 5. The van der Waals surface area contributed by atoms with Gasteiger partial charge in [0.2, 0.25) is 0 Å². The molecule has 1 aromatic carbocycles. The number of alkyl halides is 4. The zero-order valence-electron chi connectivity index (χ0n) is 16.2. The summed E-state index contributed by atoms with van der Waals surface area (Å²) < 4.78 is 53.7. The number of rotatable bonds is 7. The van der Waals surface area contributed by atoms with Gasteiger partial charge in [0.05, 0.1) is 18.3 Å². The molecule has 0 N–H and O–H groups in total. The van der Waals surface area contributed by atoms with E-state index < -0.39 is 30.4 Å². The van der Waals surface area contributed by atoms with Gasteiger partial charge in [-0.1, -0.05) is 11.6 Å². The largest absolute Gasteiger partial charge is 0.416 e. The van der Waals surface area contributed by atoms with Gasteiger partial charge >= 0.3 is 6.18 Å². The van der Waals surface area contributed by atoms with Crippen molar-refractivity contribution in [1.29, 1.82) is 0 Å². The van der Waals surface area contributed by atoms with Crippen molar-refractivity contribution in [2.75, 3.05) is 13.2 Å². The quantitative estimate of drug-likeness (QED) is 0.496. The molecule has 0 saturated heterocycles. The molecule has 0 radical (unpaired) electrons. The first-order valence-corrected chi connectivity index (χ1v) is 9.52. The van der Waals surface area contributed by atoms with Crippen molar-refractivity contribution in [3.05, 3.63) is 65.0 Å². The van der Waals surface area contributed by atoms with Crippen LogP contribution in [-0.2, 0) is 6.18 Å². The van der Waals surface area contributed by atoms with Crippen LogP contribution in [0.25, 0.3) is 5.95 Å². The molecule has 0 aliphatic rings. The van der Waals surface area contributed by atoms with Crippen LogP contribution >= 0.6 is 11.6 Å². The van der Waals surface area contributed by atoms with Gasteiger partial charge in [-0.25, -0.2) is 15.0 Å². The van der Waals surface area contributed by atoms with E-state index >= 15 is 0 Å². The van der Waals surface area contributed by atoms with Crippen molar-refractivity contribution < 1.29 is 22.4 Å². The number of carbonyl (C=O) groups excluding carboxylic acids is 1. The average molecular weight is 457 g/mol. The third-order valence-corrected chi connectivity index (χ3v) is 4.64. The molecule has 7 nitrogen and oxygen atoms in total. The minimum atomic E-state index is -4.68. The Bertz CT molecular complexity index is 1040. The van der Waals surface area contributed by atoms with Crippen LogP contribution in [0.4, 0.5) is 17.6 Å². The standard InChI is InChI=1S/C19H17ClF4N6O/c1-12(16-27-11-28-30(16)18-25-5-3-6-26-18)29(7-2-4-21)17(31)13-8-14(19(22,23)24)10-15(20)9-13/h3,5-6,8-12H,2,4,7H2,1H3. The van der Waals surface area contributed by atoms with Crippen LogP contribution in [0.3, 0.4) is 0 Å². The van der Waals surface area contributed by atoms with Crippen molar-refractivity contribution in [1.82, 2.24) is 29.6 Å². The van der Waals surface area contributed by atoms with Gasteiger partial charge in [0, 0.05) is 29.5 Å². The molecule has 3 rings (SSSR count). The summed E-state index contributed by atoms with van der Waals surface area (Å²) >= 11 is 5.82. The van der Waals surface area contributed by atoms with E-state index in [4.69, 9.17) is 11.6 Å². The van der Waals surface area contributed by atoms with Crippen molar-refractivity contribution >= 4 is 17.5 Å². The molecule has 3 aromatic rings. The second-order valence-electron chi connectivity index (χ2n) is 6.52. The van der Waals surface area contributed by atoms with E-state index in [9.17, 15) is 22.4 Å². The fourth-order valence-corrected chi connectivity index (χ4v) is 3.21. The highest BCUT2D eigenvalue weighted by Crippen LogP contribution is 2.33. The highest BCUT2D eigenvalue weighted by Gasteiger charge is 2.33. The number of nitrogens with zero attached hydrogens (tertiary/aromatic N) is 6. The van der Waals surface area contributed by atoms with Gasteiger partial charge in [-0.2, -0.15) is 23.0 Å². The Kier molecular flexibility index (Phi) is 6.84. The minimum absolute atomic E-state index is 0.0151. The van der Waals surface area contributed by atoms with E-state index in [-0.39, 0.29) is 35.3 Å². The SMILES string of the molecule is CC(c1ncnn1-c1ncccn1)N(CCCF)C(=O)c1cc(Cl)cc(C(F)(F)F)c1. The maximum Gasteiger partial charge on any atom is 0.416 e. The molecule has 0 bridgehead atoms. The number of amides is 1. The molecule has 0 fully saturated rings. The molecule has 1 atom stereocenters. The Labute approximate surface area is 179 Å². The highest BCUT2D eigenvalue weighted by atomic mass is 35.5. The first-order valence-electron chi connectivity index (χ1n) is 9.14. The molecule has 12 heteroatoms. The average Bonchev–Trinajstić information content (AvgIpc) is 3.23. The molecule has 1 amide bonds. The fraction of sp³-hybridized carbons (Fsp3) is 0.316. The van der Waals surface area contributed by atoms with Crippen LogP contribution in [0.15, 0.2) is 43.0 Å². The van der Waals surface area contributed by atoms with Gasteiger partial charge in [-0.15, -0.1) is 0 Å². The Morgan fingerprint density at radius 2 is 1.90 bits per heavy atom. The number of hydrogen-bond donors (Lipinski definition) is 0. The summed E-state index contributed by atoms with van der Waals surface area (Å²) in [5.41, 5.74) is -1.32. The van der Waals surface area contributed by atoms with Crippen molar-refractivity contribution in [3.63, 3.8) is 0 Å². The van der Waals surface area contributed by atoms with Gasteiger partial charge in [0.25, 0.3) is 11.9 Å². The van der Waals surface area contributed by atoms with Crippen LogP contribution in [0.5, 0.6) is 0 Å². The summed E-state index contributed by atoms with van der Waals surface area (Å²) in [7, 11) is 0. The van der Waals surface area contributed by atoms with Crippen molar-refractivity contribution in [2.45, 2.75) is 25.6 Å². The lowest BCUT2D eigenvalue weighted by molar-refractivity contribution is -0.137. The summed E-state index contributed by atoms with van der Waals surface area (Å²) in [4.78, 5) is 26.7. The maximum absolute atomic E-state index is 13.2. The smallest absolute Gasteiger partial charge is 0.329 e. The molecule has 31 heavy (non-hydrogen) atoms. The van der Waals surface area contributed by atoms with Crippen LogP contribution in [0.1, 0.15) is 41.1 Å². The lowest BCUT2D eigenvalue weighted by atomic mass is 10.1. The fourth-order valence-electron chi connectivity index (χ4n) is 2.97. The van der Waals surface area contributed by atoms with Crippen molar-refractivity contribution in [2.24, 2.45) is 0 Å². The second-order valence-corrected chi connectivity index (χ2v) is 6.96. The molecule has 164 valence electrons. The molecular formula is C19H17ClF4N6O. The monoisotopic (exact) mass is 456 g/mol. The summed E-state index contributed by atoms with van der Waals surface area (Å²) in [5.74, 6) is -0.296. The topological polar surface area (TPSA) is 76.8 Å². The van der Waals surface area contributed by atoms with Gasteiger partial charge in [-0.3, -0.25) is 9.18 Å². The van der Waals surface area contributed by atoms with Crippen molar-refractivity contribution in [3.8, 4) is 5.95 Å². The summed E-state index contributed by atoms with van der Waals surface area (Å²) in [5, 5.41) is 3.82. The van der Waals surface area contributed by atoms with E-state index in [0.29, 0.717) is 6.07 Å². The van der Waals surface area contributed by atoms with E-state index in [0.717, 1.165) is 12.1 Å². The number of hydrogen-bond acceptors (Lipinski definition) is 5. The molecule has 0 saturated carbocycles. The van der Waals surface area contributed by atoms with Crippen LogP contribution in [0.2, 0.25) is 5.02 Å². The predicted octanol–water partition coefficient (Wildman–Crippen LogP) is 4.29. The van der Waals surface area contributed by atoms with E-state index in [1.165, 1.54) is 28.3 Å². The summed E-state index contributed by atoms with van der Waals surface area (Å²) in [6, 6.07) is 3.42. The Morgan fingerprint density at radius 3 is 2.55 bits per heavy atom. The van der Waals surface area contributed by atoms with Crippen LogP contribution in [-0.4, -0.2) is 48.8 Å². The first-order chi connectivity index (χ1) is 14.7. The third kappa shape index (κ3) is 5.16. The zero-order chi connectivity index (χ0) is 22.6. The van der Waals surface area contributed by atoms with Gasteiger partial charge in [0.15, 0.2) is 5.82 Å². The lowest BCUT2D eigenvalue weighted by Gasteiger charge is -2.29. The van der Waals surface area contributed by atoms with E-state index in [1.807, 2.05) is 0 Å². The molecule has 2 heterocycles. The molecule has 0 aliphatic carbocycles. The molecule has 0 aliphatic heterocycles. The number of aromatic nitrogens is 5. The Morgan fingerprint density at radius 1 is 1.19 bits per heavy atom. The minimum Gasteiger partial charge on any atom is -0.329 e. The third-order valence-electron chi connectivity index (χ3n) is 4.42. The second kappa shape index (κ2) is 9.38. The number of carbonyl (C=O) groups is 1. The van der Waals surface area contributed by atoms with Gasteiger partial charge in [-0.05, 0) is 37.6 Å². The van der Waals surface area contributed by atoms with Gasteiger partial charge < -0.3 is 4.90 Å². The summed E-state index contributed by atoms with van der Waals surface area (Å²) in [6.45, 7) is 0.829. The molecular weight excluding hydrogens is 440 g/mol. The Balaban J connectivity index is 1.99. The predicted molar refractivity (Wildman–Crippen MR) is 103 cm³/mol. The summed E-state index contributed by atoms with van der Waals surface area (Å²) in [6.07, 6.45) is -0.468. The zero-order valence-corrected chi connectivity index (χ0v) is 17.0.